The van der Waals surface area contributed by atoms with Gasteiger partial charge in [-0.25, -0.2) is 5.43 Å². The summed E-state index contributed by atoms with van der Waals surface area (Å²) < 4.78 is 0. The first-order valence-electron chi connectivity index (χ1n) is 4.06. The maximum atomic E-state index is 11.3. The number of thiophene rings is 1. The summed E-state index contributed by atoms with van der Waals surface area (Å²) in [7, 11) is 1.46. The van der Waals surface area contributed by atoms with E-state index in [9.17, 15) is 15.0 Å². The van der Waals surface area contributed by atoms with Crippen LogP contribution < -0.4 is 5.43 Å². The monoisotopic (exact) mass is 214 g/mol. The van der Waals surface area contributed by atoms with Crippen LogP contribution in [0.15, 0.2) is 17.5 Å². The van der Waals surface area contributed by atoms with Crippen LogP contribution in [0, 0.1) is 0 Å². The molecule has 1 unspecified atom stereocenters. The van der Waals surface area contributed by atoms with Gasteiger partial charge in [0.1, 0.15) is 6.04 Å². The van der Waals surface area contributed by atoms with Gasteiger partial charge < -0.3 is 10.2 Å². The Kier molecular flexibility index (Phi) is 2.07. The van der Waals surface area contributed by atoms with E-state index >= 15 is 0 Å². The highest BCUT2D eigenvalue weighted by atomic mass is 32.1. The predicted molar refractivity (Wildman–Crippen MR) is 50.1 cm³/mol. The highest BCUT2D eigenvalue weighted by Gasteiger charge is 2.52. The molecule has 1 saturated heterocycles. The second-order valence-electron chi connectivity index (χ2n) is 3.17. The predicted octanol–water partition coefficient (Wildman–Crippen LogP) is -0.553. The molecule has 2 heterocycles. The van der Waals surface area contributed by atoms with Crippen LogP contribution in [0.1, 0.15) is 10.9 Å². The van der Waals surface area contributed by atoms with E-state index in [1.807, 2.05) is 5.38 Å². The zero-order chi connectivity index (χ0) is 10.3. The average Bonchev–Trinajstić information content (AvgIpc) is 2.69. The molecule has 1 aliphatic heterocycles. The van der Waals surface area contributed by atoms with Crippen LogP contribution in [-0.4, -0.2) is 34.0 Å². The van der Waals surface area contributed by atoms with Crippen molar-refractivity contribution in [2.75, 3.05) is 7.05 Å². The Hall–Kier alpha value is -0.950. The van der Waals surface area contributed by atoms with Crippen molar-refractivity contribution in [1.29, 1.82) is 0 Å². The van der Waals surface area contributed by atoms with Gasteiger partial charge in [0.15, 0.2) is 0 Å². The normalized spacial score (nSPS) is 25.8. The van der Waals surface area contributed by atoms with E-state index in [-0.39, 0.29) is 0 Å². The van der Waals surface area contributed by atoms with Crippen LogP contribution in [0.5, 0.6) is 0 Å². The van der Waals surface area contributed by atoms with Crippen molar-refractivity contribution in [2.24, 2.45) is 0 Å². The fraction of sp³-hybridized carbons (Fsp3) is 0.375. The number of rotatable bonds is 1. The Morgan fingerprint density at radius 2 is 2.36 bits per heavy atom. The second-order valence-corrected chi connectivity index (χ2v) is 4.15. The van der Waals surface area contributed by atoms with Crippen molar-refractivity contribution in [3.8, 4) is 0 Å². The minimum absolute atomic E-state index is 0.715. The molecule has 0 bridgehead atoms. The van der Waals surface area contributed by atoms with Gasteiger partial charge in [-0.05, 0) is 11.4 Å². The SMILES string of the molecule is CN1NC(c2cccs2)C(O)(O)C1=O. The molecule has 5 nitrogen and oxygen atoms in total. The third kappa shape index (κ3) is 1.24. The molecule has 2 rings (SSSR count). The number of carbonyl (C=O) groups is 1. The minimum atomic E-state index is -2.35. The Morgan fingerprint density at radius 3 is 2.79 bits per heavy atom. The Morgan fingerprint density at radius 1 is 1.64 bits per heavy atom. The van der Waals surface area contributed by atoms with Crippen molar-refractivity contribution in [1.82, 2.24) is 10.4 Å². The third-order valence-electron chi connectivity index (χ3n) is 2.17. The number of hydrogen-bond donors (Lipinski definition) is 3. The molecule has 1 aromatic heterocycles. The highest BCUT2D eigenvalue weighted by Crippen LogP contribution is 2.32. The molecule has 1 amide bonds. The van der Waals surface area contributed by atoms with E-state index in [0.29, 0.717) is 4.88 Å². The highest BCUT2D eigenvalue weighted by molar-refractivity contribution is 7.10. The molecule has 1 atom stereocenters. The molecule has 0 saturated carbocycles. The molecule has 76 valence electrons. The number of hydrogen-bond acceptors (Lipinski definition) is 5. The number of nitrogens with zero attached hydrogens (tertiary/aromatic N) is 1. The molecular weight excluding hydrogens is 204 g/mol. The minimum Gasteiger partial charge on any atom is -0.357 e. The van der Waals surface area contributed by atoms with Gasteiger partial charge in [-0.3, -0.25) is 9.80 Å². The smallest absolute Gasteiger partial charge is 0.298 e. The summed E-state index contributed by atoms with van der Waals surface area (Å²) in [5.74, 6) is -3.09. The van der Waals surface area contributed by atoms with E-state index in [1.165, 1.54) is 18.4 Å². The van der Waals surface area contributed by atoms with Crippen LogP contribution in [0.4, 0.5) is 0 Å². The molecule has 1 aromatic rings. The Bertz CT molecular complexity index is 349. The van der Waals surface area contributed by atoms with E-state index in [1.54, 1.807) is 12.1 Å². The first kappa shape index (κ1) is 9.60. The number of aliphatic hydroxyl groups is 2. The zero-order valence-corrected chi connectivity index (χ0v) is 8.28. The number of nitrogens with one attached hydrogen (secondary N) is 1. The van der Waals surface area contributed by atoms with Gasteiger partial charge in [0.2, 0.25) is 0 Å². The number of amides is 1. The van der Waals surface area contributed by atoms with Crippen molar-refractivity contribution < 1.29 is 15.0 Å². The summed E-state index contributed by atoms with van der Waals surface area (Å²) in [6.07, 6.45) is 0. The maximum absolute atomic E-state index is 11.3. The summed E-state index contributed by atoms with van der Waals surface area (Å²) in [6.45, 7) is 0. The number of hydrazine groups is 1. The van der Waals surface area contributed by atoms with E-state index in [0.717, 1.165) is 5.01 Å². The fourth-order valence-electron chi connectivity index (χ4n) is 1.43. The largest absolute Gasteiger partial charge is 0.357 e. The first-order valence-corrected chi connectivity index (χ1v) is 4.94. The van der Waals surface area contributed by atoms with Crippen LogP contribution in [0.3, 0.4) is 0 Å². The van der Waals surface area contributed by atoms with Gasteiger partial charge in [0, 0.05) is 11.9 Å². The lowest BCUT2D eigenvalue weighted by atomic mass is 10.1. The van der Waals surface area contributed by atoms with Crippen molar-refractivity contribution >= 4 is 17.2 Å². The summed E-state index contributed by atoms with van der Waals surface area (Å²) in [5, 5.41) is 22.0. The molecule has 14 heavy (non-hydrogen) atoms. The molecule has 0 spiro atoms. The Labute approximate surface area is 84.6 Å². The molecule has 1 fully saturated rings. The molecule has 1 aliphatic rings. The molecule has 0 aromatic carbocycles. The molecule has 0 radical (unpaired) electrons. The summed E-state index contributed by atoms with van der Waals surface area (Å²) >= 11 is 1.37. The summed E-state index contributed by atoms with van der Waals surface area (Å²) in [5.41, 5.74) is 2.69. The van der Waals surface area contributed by atoms with Crippen molar-refractivity contribution in [3.63, 3.8) is 0 Å². The fourth-order valence-corrected chi connectivity index (χ4v) is 2.25. The second kappa shape index (κ2) is 3.03. The molecular formula is C8H10N2O3S. The summed E-state index contributed by atoms with van der Waals surface area (Å²) in [4.78, 5) is 12.0. The summed E-state index contributed by atoms with van der Waals surface area (Å²) in [6, 6.07) is 2.76. The van der Waals surface area contributed by atoms with Gasteiger partial charge in [-0.1, -0.05) is 6.07 Å². The number of likely N-dealkylation sites (N-methyl/N-ethyl adjacent to an activating group) is 1. The zero-order valence-electron chi connectivity index (χ0n) is 7.47. The van der Waals surface area contributed by atoms with Crippen LogP contribution >= 0.6 is 11.3 Å². The van der Waals surface area contributed by atoms with Crippen LogP contribution in [0.25, 0.3) is 0 Å². The third-order valence-corrected chi connectivity index (χ3v) is 3.11. The van der Waals surface area contributed by atoms with Crippen molar-refractivity contribution in [3.05, 3.63) is 22.4 Å². The van der Waals surface area contributed by atoms with Crippen molar-refractivity contribution in [2.45, 2.75) is 11.8 Å². The molecule has 0 aliphatic carbocycles. The Balaban J connectivity index is 2.35. The average molecular weight is 214 g/mol. The lowest BCUT2D eigenvalue weighted by Crippen LogP contribution is -2.41. The standard InChI is InChI=1S/C8H10N2O3S/c1-10-7(11)8(12,13)6(9-10)5-3-2-4-14-5/h2-4,6,9,12-13H,1H3. The van der Waals surface area contributed by atoms with Gasteiger partial charge in [-0.2, -0.15) is 0 Å². The topological polar surface area (TPSA) is 72.8 Å². The lowest BCUT2D eigenvalue weighted by Gasteiger charge is -2.18. The molecule has 6 heteroatoms. The van der Waals surface area contributed by atoms with Crippen LogP contribution in [0.2, 0.25) is 0 Å². The lowest BCUT2D eigenvalue weighted by molar-refractivity contribution is -0.186. The van der Waals surface area contributed by atoms with Gasteiger partial charge >= 0.3 is 0 Å². The molecule has 3 N–H and O–H groups in total. The quantitative estimate of drug-likeness (QED) is 0.548. The first-order chi connectivity index (χ1) is 6.53. The number of carbonyl (C=O) groups excluding carboxylic acids is 1. The van der Waals surface area contributed by atoms with Gasteiger partial charge in [0.25, 0.3) is 11.7 Å². The van der Waals surface area contributed by atoms with E-state index < -0.39 is 17.7 Å². The van der Waals surface area contributed by atoms with Gasteiger partial charge in [0.05, 0.1) is 0 Å². The van der Waals surface area contributed by atoms with E-state index in [4.69, 9.17) is 0 Å². The van der Waals surface area contributed by atoms with Gasteiger partial charge in [-0.15, -0.1) is 11.3 Å². The van der Waals surface area contributed by atoms with E-state index in [2.05, 4.69) is 5.43 Å². The maximum Gasteiger partial charge on any atom is 0.298 e. The van der Waals surface area contributed by atoms with Crippen LogP contribution in [-0.2, 0) is 4.79 Å².